The minimum absolute atomic E-state index is 0.0203. The first-order valence-electron chi connectivity index (χ1n) is 10.3. The van der Waals surface area contributed by atoms with Crippen LogP contribution >= 0.6 is 11.6 Å². The van der Waals surface area contributed by atoms with Crippen LogP contribution in [-0.4, -0.2) is 60.9 Å². The number of carbonyl (C=O) groups excluding carboxylic acids is 2. The predicted octanol–water partition coefficient (Wildman–Crippen LogP) is 3.54. The van der Waals surface area contributed by atoms with E-state index in [2.05, 4.69) is 17.0 Å². The van der Waals surface area contributed by atoms with Gasteiger partial charge in [-0.2, -0.15) is 0 Å². The van der Waals surface area contributed by atoms with Crippen LogP contribution in [0.4, 0.5) is 5.69 Å². The van der Waals surface area contributed by atoms with Crippen molar-refractivity contribution in [3.8, 4) is 0 Å². The Labute approximate surface area is 176 Å². The van der Waals surface area contributed by atoms with Gasteiger partial charge in [0, 0.05) is 55.5 Å². The molecule has 0 aliphatic carbocycles. The lowest BCUT2D eigenvalue weighted by molar-refractivity contribution is -0.137. The first kappa shape index (κ1) is 19.8. The van der Waals surface area contributed by atoms with Crippen molar-refractivity contribution in [2.45, 2.75) is 12.8 Å². The van der Waals surface area contributed by atoms with E-state index < -0.39 is 0 Å². The minimum atomic E-state index is -0.108. The number of anilines is 1. The Balaban J connectivity index is 1.34. The summed E-state index contributed by atoms with van der Waals surface area (Å²) in [5.74, 6) is 0.0580. The normalized spacial score (nSPS) is 19.9. The quantitative estimate of drug-likeness (QED) is 0.775. The van der Waals surface area contributed by atoms with Crippen molar-refractivity contribution in [3.05, 3.63) is 65.2 Å². The molecule has 29 heavy (non-hydrogen) atoms. The Kier molecular flexibility index (Phi) is 6.05. The number of hydrogen-bond acceptors (Lipinski definition) is 3. The van der Waals surface area contributed by atoms with Gasteiger partial charge in [0.05, 0.1) is 5.92 Å². The molecule has 2 aliphatic rings. The molecule has 2 aromatic rings. The van der Waals surface area contributed by atoms with Gasteiger partial charge in [0.2, 0.25) is 5.91 Å². The fraction of sp³-hybridized carbons (Fsp3) is 0.391. The number of benzene rings is 2. The molecule has 152 valence electrons. The van der Waals surface area contributed by atoms with E-state index in [9.17, 15) is 9.59 Å². The molecule has 2 aliphatic heterocycles. The number of piperidine rings is 1. The maximum absolute atomic E-state index is 13.1. The van der Waals surface area contributed by atoms with Crippen LogP contribution in [0.3, 0.4) is 0 Å². The van der Waals surface area contributed by atoms with Crippen LogP contribution in [0.2, 0.25) is 5.02 Å². The van der Waals surface area contributed by atoms with Crippen molar-refractivity contribution in [2.75, 3.05) is 44.2 Å². The third-order valence-corrected chi connectivity index (χ3v) is 6.11. The lowest BCUT2D eigenvalue weighted by Crippen LogP contribution is -2.53. The number of halogens is 1. The summed E-state index contributed by atoms with van der Waals surface area (Å²) in [7, 11) is 0. The summed E-state index contributed by atoms with van der Waals surface area (Å²) in [5, 5.41) is 0.614. The van der Waals surface area contributed by atoms with Crippen molar-refractivity contribution < 1.29 is 9.59 Å². The maximum atomic E-state index is 13.1. The van der Waals surface area contributed by atoms with Crippen LogP contribution in [0.25, 0.3) is 0 Å². The van der Waals surface area contributed by atoms with Crippen LogP contribution in [0.5, 0.6) is 0 Å². The Hall–Kier alpha value is -2.53. The van der Waals surface area contributed by atoms with E-state index >= 15 is 0 Å². The number of likely N-dealkylation sites (tertiary alicyclic amines) is 1. The summed E-state index contributed by atoms with van der Waals surface area (Å²) < 4.78 is 0. The monoisotopic (exact) mass is 411 g/mol. The highest BCUT2D eigenvalue weighted by atomic mass is 35.5. The summed E-state index contributed by atoms with van der Waals surface area (Å²) in [6.07, 6.45) is 1.71. The third kappa shape index (κ3) is 4.56. The summed E-state index contributed by atoms with van der Waals surface area (Å²) in [4.78, 5) is 32.0. The first-order chi connectivity index (χ1) is 14.1. The van der Waals surface area contributed by atoms with E-state index in [4.69, 9.17) is 11.6 Å². The highest BCUT2D eigenvalue weighted by molar-refractivity contribution is 6.30. The molecule has 2 amide bonds. The lowest BCUT2D eigenvalue weighted by atomic mass is 9.95. The Morgan fingerprint density at radius 1 is 0.828 bits per heavy atom. The predicted molar refractivity (Wildman–Crippen MR) is 115 cm³/mol. The summed E-state index contributed by atoms with van der Waals surface area (Å²) >= 11 is 5.92. The molecule has 2 heterocycles. The molecule has 4 rings (SSSR count). The molecule has 0 bridgehead atoms. The molecular formula is C23H26ClN3O2. The smallest absolute Gasteiger partial charge is 0.253 e. The molecule has 0 saturated carbocycles. The number of piperazine rings is 1. The van der Waals surface area contributed by atoms with Gasteiger partial charge in [-0.1, -0.05) is 29.8 Å². The Bertz CT molecular complexity index is 848. The van der Waals surface area contributed by atoms with E-state index in [1.807, 2.05) is 28.0 Å². The number of carbonyl (C=O) groups is 2. The second-order valence-electron chi connectivity index (χ2n) is 7.75. The van der Waals surface area contributed by atoms with Gasteiger partial charge in [-0.3, -0.25) is 9.59 Å². The Morgan fingerprint density at radius 2 is 1.52 bits per heavy atom. The SMILES string of the molecule is O=C(c1ccc(Cl)cc1)N1CCC[C@@H](C(=O)N2CCN(c3ccccc3)CC2)C1. The van der Waals surface area contributed by atoms with Crippen molar-refractivity contribution in [3.63, 3.8) is 0 Å². The van der Waals surface area contributed by atoms with E-state index in [0.717, 1.165) is 39.0 Å². The Morgan fingerprint density at radius 3 is 2.21 bits per heavy atom. The van der Waals surface area contributed by atoms with Gasteiger partial charge < -0.3 is 14.7 Å². The van der Waals surface area contributed by atoms with E-state index in [0.29, 0.717) is 23.7 Å². The number of para-hydroxylation sites is 1. The average molecular weight is 412 g/mol. The zero-order valence-corrected chi connectivity index (χ0v) is 17.2. The van der Waals surface area contributed by atoms with E-state index in [1.54, 1.807) is 24.3 Å². The maximum Gasteiger partial charge on any atom is 0.253 e. The van der Waals surface area contributed by atoms with Gasteiger partial charge >= 0.3 is 0 Å². The second kappa shape index (κ2) is 8.87. The fourth-order valence-corrected chi connectivity index (χ4v) is 4.35. The zero-order chi connectivity index (χ0) is 20.2. The van der Waals surface area contributed by atoms with Crippen molar-refractivity contribution in [1.29, 1.82) is 0 Å². The number of rotatable bonds is 3. The highest BCUT2D eigenvalue weighted by Gasteiger charge is 2.32. The average Bonchev–Trinajstić information content (AvgIpc) is 2.79. The van der Waals surface area contributed by atoms with E-state index in [1.165, 1.54) is 5.69 Å². The number of amides is 2. The van der Waals surface area contributed by atoms with Crippen molar-refractivity contribution in [2.24, 2.45) is 5.92 Å². The van der Waals surface area contributed by atoms with Crippen molar-refractivity contribution >= 4 is 29.1 Å². The molecule has 6 heteroatoms. The van der Waals surface area contributed by atoms with Gasteiger partial charge in [-0.15, -0.1) is 0 Å². The third-order valence-electron chi connectivity index (χ3n) is 5.86. The minimum Gasteiger partial charge on any atom is -0.368 e. The van der Waals surface area contributed by atoms with Gasteiger partial charge in [0.25, 0.3) is 5.91 Å². The molecule has 0 spiro atoms. The molecule has 0 radical (unpaired) electrons. The number of nitrogens with zero attached hydrogens (tertiary/aromatic N) is 3. The van der Waals surface area contributed by atoms with Crippen LogP contribution in [0, 0.1) is 5.92 Å². The van der Waals surface area contributed by atoms with Gasteiger partial charge in [0.1, 0.15) is 0 Å². The molecule has 0 aromatic heterocycles. The first-order valence-corrected chi connectivity index (χ1v) is 10.6. The number of hydrogen-bond donors (Lipinski definition) is 0. The van der Waals surface area contributed by atoms with Gasteiger partial charge in [-0.25, -0.2) is 0 Å². The molecule has 2 saturated heterocycles. The van der Waals surface area contributed by atoms with Crippen LogP contribution < -0.4 is 4.90 Å². The van der Waals surface area contributed by atoms with Crippen molar-refractivity contribution in [1.82, 2.24) is 9.80 Å². The summed E-state index contributed by atoms with van der Waals surface area (Å²) in [6.45, 7) is 4.35. The van der Waals surface area contributed by atoms with Gasteiger partial charge in [-0.05, 0) is 49.2 Å². The van der Waals surface area contributed by atoms with Crippen LogP contribution in [0.15, 0.2) is 54.6 Å². The fourth-order valence-electron chi connectivity index (χ4n) is 4.22. The standard InChI is InChI=1S/C23H26ClN3O2/c24-20-10-8-18(9-11-20)22(28)27-12-4-5-19(17-27)23(29)26-15-13-25(14-16-26)21-6-2-1-3-7-21/h1-3,6-11,19H,4-5,12-17H2/t19-/m1/s1. The topological polar surface area (TPSA) is 43.9 Å². The molecular weight excluding hydrogens is 386 g/mol. The lowest BCUT2D eigenvalue weighted by Gasteiger charge is -2.39. The van der Waals surface area contributed by atoms with Crippen LogP contribution in [0.1, 0.15) is 23.2 Å². The summed E-state index contributed by atoms with van der Waals surface area (Å²) in [6, 6.07) is 17.3. The molecule has 1 atom stereocenters. The second-order valence-corrected chi connectivity index (χ2v) is 8.18. The summed E-state index contributed by atoms with van der Waals surface area (Å²) in [5.41, 5.74) is 1.83. The zero-order valence-electron chi connectivity index (χ0n) is 16.5. The van der Waals surface area contributed by atoms with Gasteiger partial charge in [0.15, 0.2) is 0 Å². The highest BCUT2D eigenvalue weighted by Crippen LogP contribution is 2.23. The molecule has 2 aromatic carbocycles. The molecule has 0 N–H and O–H groups in total. The molecule has 0 unspecified atom stereocenters. The van der Waals surface area contributed by atoms with Crippen LogP contribution in [-0.2, 0) is 4.79 Å². The molecule has 5 nitrogen and oxygen atoms in total. The largest absolute Gasteiger partial charge is 0.368 e. The van der Waals surface area contributed by atoms with E-state index in [-0.39, 0.29) is 17.7 Å². The molecule has 2 fully saturated rings.